The fourth-order valence-corrected chi connectivity index (χ4v) is 1.51. The number of benzene rings is 1. The van der Waals surface area contributed by atoms with Gasteiger partial charge in [-0.1, -0.05) is 12.1 Å². The summed E-state index contributed by atoms with van der Waals surface area (Å²) in [5.74, 6) is -0.0332. The summed E-state index contributed by atoms with van der Waals surface area (Å²) in [7, 11) is 0. The van der Waals surface area contributed by atoms with Crippen LogP contribution in [0.15, 0.2) is 24.3 Å². The number of amides is 1. The number of carbonyl (C=O) groups is 1. The predicted octanol–water partition coefficient (Wildman–Crippen LogP) is 1.05. The highest BCUT2D eigenvalue weighted by Crippen LogP contribution is 2.23. The highest BCUT2D eigenvalue weighted by Gasteiger charge is 2.21. The fraction of sp³-hybridized carbons (Fsp3) is 0.300. The van der Waals surface area contributed by atoms with Crippen molar-refractivity contribution in [3.8, 4) is 0 Å². The van der Waals surface area contributed by atoms with Gasteiger partial charge in [0, 0.05) is 6.54 Å². The zero-order chi connectivity index (χ0) is 9.97. The molecule has 0 atom stereocenters. The lowest BCUT2D eigenvalue weighted by atomic mass is 10.2. The number of para-hydroxylation sites is 2. The van der Waals surface area contributed by atoms with E-state index >= 15 is 0 Å². The molecule has 1 amide bonds. The van der Waals surface area contributed by atoms with E-state index in [0.29, 0.717) is 18.8 Å². The number of ether oxygens (including phenoxy) is 1. The Labute approximate surface area is 94.4 Å². The van der Waals surface area contributed by atoms with Gasteiger partial charge in [0.05, 0.1) is 18.0 Å². The Hall–Kier alpha value is -1.26. The molecule has 0 radical (unpaired) electrons. The molecule has 4 nitrogen and oxygen atoms in total. The molecule has 2 N–H and O–H groups in total. The molecule has 0 bridgehead atoms. The van der Waals surface area contributed by atoms with Crippen LogP contribution in [-0.4, -0.2) is 25.7 Å². The molecule has 1 saturated heterocycles. The summed E-state index contributed by atoms with van der Waals surface area (Å²) in [6, 6.07) is 7.36. The number of nitrogen functional groups attached to an aromatic ring is 1. The number of hydrogen-bond acceptors (Lipinski definition) is 3. The molecule has 1 aliphatic heterocycles. The van der Waals surface area contributed by atoms with E-state index in [0.717, 1.165) is 5.69 Å². The van der Waals surface area contributed by atoms with Crippen LogP contribution in [0.4, 0.5) is 11.4 Å². The van der Waals surface area contributed by atoms with Gasteiger partial charge in [0.25, 0.3) is 5.91 Å². The van der Waals surface area contributed by atoms with Crippen molar-refractivity contribution in [3.05, 3.63) is 24.3 Å². The Morgan fingerprint density at radius 3 is 2.73 bits per heavy atom. The highest BCUT2D eigenvalue weighted by atomic mass is 35.5. The van der Waals surface area contributed by atoms with Crippen LogP contribution >= 0.6 is 12.4 Å². The number of carbonyl (C=O) groups excluding carboxylic acids is 1. The maximum absolute atomic E-state index is 11.5. The molecule has 0 unspecified atom stereocenters. The maximum Gasteiger partial charge on any atom is 0.253 e. The first-order valence-corrected chi connectivity index (χ1v) is 4.51. The molecule has 82 valence electrons. The third-order valence-electron chi connectivity index (χ3n) is 2.21. The van der Waals surface area contributed by atoms with Gasteiger partial charge in [-0.3, -0.25) is 4.79 Å². The SMILES string of the molecule is Cl.Nc1ccccc1N1CCOCC1=O. The minimum Gasteiger partial charge on any atom is -0.397 e. The van der Waals surface area contributed by atoms with Gasteiger partial charge in [0.2, 0.25) is 0 Å². The summed E-state index contributed by atoms with van der Waals surface area (Å²) in [5, 5.41) is 0. The maximum atomic E-state index is 11.5. The average molecular weight is 229 g/mol. The van der Waals surface area contributed by atoms with E-state index in [4.69, 9.17) is 10.5 Å². The van der Waals surface area contributed by atoms with Crippen molar-refractivity contribution < 1.29 is 9.53 Å². The Morgan fingerprint density at radius 1 is 1.33 bits per heavy atom. The Balaban J connectivity index is 0.00000112. The number of nitrogens with two attached hydrogens (primary N) is 1. The zero-order valence-electron chi connectivity index (χ0n) is 8.18. The molecule has 2 rings (SSSR count). The summed E-state index contributed by atoms with van der Waals surface area (Å²) in [4.78, 5) is 13.2. The Kier molecular flexibility index (Phi) is 3.94. The number of rotatable bonds is 1. The molecular formula is C10H13ClN2O2. The van der Waals surface area contributed by atoms with E-state index in [2.05, 4.69) is 0 Å². The summed E-state index contributed by atoms with van der Waals surface area (Å²) < 4.78 is 5.04. The van der Waals surface area contributed by atoms with Crippen LogP contribution in [0, 0.1) is 0 Å². The Morgan fingerprint density at radius 2 is 2.07 bits per heavy atom. The zero-order valence-corrected chi connectivity index (χ0v) is 9.00. The molecule has 1 aromatic rings. The molecule has 5 heteroatoms. The van der Waals surface area contributed by atoms with Crippen molar-refractivity contribution in [2.24, 2.45) is 0 Å². The van der Waals surface area contributed by atoms with E-state index in [9.17, 15) is 4.79 Å². The second kappa shape index (κ2) is 5.00. The molecule has 1 fully saturated rings. The number of morpholine rings is 1. The van der Waals surface area contributed by atoms with Gasteiger partial charge in [0.1, 0.15) is 6.61 Å². The third kappa shape index (κ3) is 2.40. The Bertz CT molecular complexity index is 357. The number of anilines is 2. The van der Waals surface area contributed by atoms with Crippen molar-refractivity contribution >= 4 is 29.7 Å². The monoisotopic (exact) mass is 228 g/mol. The van der Waals surface area contributed by atoms with Crippen molar-refractivity contribution in [2.75, 3.05) is 30.4 Å². The molecule has 1 heterocycles. The van der Waals surface area contributed by atoms with Crippen LogP contribution < -0.4 is 10.6 Å². The first kappa shape index (κ1) is 11.8. The van der Waals surface area contributed by atoms with Gasteiger partial charge >= 0.3 is 0 Å². The minimum atomic E-state index is -0.0332. The van der Waals surface area contributed by atoms with Crippen LogP contribution in [0.2, 0.25) is 0 Å². The van der Waals surface area contributed by atoms with Gasteiger partial charge in [0.15, 0.2) is 0 Å². The van der Waals surface area contributed by atoms with E-state index in [-0.39, 0.29) is 24.9 Å². The second-order valence-electron chi connectivity index (χ2n) is 3.16. The molecule has 0 spiro atoms. The minimum absolute atomic E-state index is 0. The van der Waals surface area contributed by atoms with E-state index in [1.54, 1.807) is 11.0 Å². The van der Waals surface area contributed by atoms with E-state index in [1.165, 1.54) is 0 Å². The highest BCUT2D eigenvalue weighted by molar-refractivity contribution is 5.97. The number of hydrogen-bond donors (Lipinski definition) is 1. The van der Waals surface area contributed by atoms with Crippen molar-refractivity contribution in [3.63, 3.8) is 0 Å². The van der Waals surface area contributed by atoms with Gasteiger partial charge in [-0.25, -0.2) is 0 Å². The fourth-order valence-electron chi connectivity index (χ4n) is 1.51. The molecular weight excluding hydrogens is 216 g/mol. The van der Waals surface area contributed by atoms with E-state index in [1.807, 2.05) is 18.2 Å². The molecule has 15 heavy (non-hydrogen) atoms. The first-order chi connectivity index (χ1) is 6.79. The van der Waals surface area contributed by atoms with Gasteiger partial charge in [-0.15, -0.1) is 12.4 Å². The summed E-state index contributed by atoms with van der Waals surface area (Å²) >= 11 is 0. The van der Waals surface area contributed by atoms with Crippen molar-refractivity contribution in [2.45, 2.75) is 0 Å². The van der Waals surface area contributed by atoms with Gasteiger partial charge in [-0.2, -0.15) is 0 Å². The van der Waals surface area contributed by atoms with Crippen LogP contribution in [-0.2, 0) is 9.53 Å². The lowest BCUT2D eigenvalue weighted by Crippen LogP contribution is -2.41. The largest absolute Gasteiger partial charge is 0.397 e. The molecule has 0 aliphatic carbocycles. The van der Waals surface area contributed by atoms with Crippen molar-refractivity contribution in [1.82, 2.24) is 0 Å². The van der Waals surface area contributed by atoms with Gasteiger partial charge in [-0.05, 0) is 12.1 Å². The predicted molar refractivity (Wildman–Crippen MR) is 61.3 cm³/mol. The summed E-state index contributed by atoms with van der Waals surface area (Å²) in [6.07, 6.45) is 0. The standard InChI is InChI=1S/C10H12N2O2.ClH/c11-8-3-1-2-4-9(8)12-5-6-14-7-10(12)13;/h1-4H,5-7,11H2;1H. The smallest absolute Gasteiger partial charge is 0.253 e. The molecule has 1 aliphatic rings. The summed E-state index contributed by atoms with van der Waals surface area (Å²) in [6.45, 7) is 1.29. The van der Waals surface area contributed by atoms with Crippen LogP contribution in [0.5, 0.6) is 0 Å². The molecule has 1 aromatic carbocycles. The normalized spacial score (nSPS) is 16.0. The number of halogens is 1. The van der Waals surface area contributed by atoms with Crippen LogP contribution in [0.3, 0.4) is 0 Å². The number of nitrogens with zero attached hydrogens (tertiary/aromatic N) is 1. The lowest BCUT2D eigenvalue weighted by Gasteiger charge is -2.27. The first-order valence-electron chi connectivity index (χ1n) is 4.51. The summed E-state index contributed by atoms with van der Waals surface area (Å²) in [5.41, 5.74) is 7.18. The third-order valence-corrected chi connectivity index (χ3v) is 2.21. The van der Waals surface area contributed by atoms with Crippen LogP contribution in [0.1, 0.15) is 0 Å². The molecule has 0 aromatic heterocycles. The average Bonchev–Trinajstić information content (AvgIpc) is 2.20. The van der Waals surface area contributed by atoms with Gasteiger partial charge < -0.3 is 15.4 Å². The van der Waals surface area contributed by atoms with Crippen LogP contribution in [0.25, 0.3) is 0 Å². The second-order valence-corrected chi connectivity index (χ2v) is 3.16. The quantitative estimate of drug-likeness (QED) is 0.732. The van der Waals surface area contributed by atoms with Crippen molar-refractivity contribution in [1.29, 1.82) is 0 Å². The topological polar surface area (TPSA) is 55.6 Å². The van der Waals surface area contributed by atoms with E-state index < -0.39 is 0 Å². The molecule has 0 saturated carbocycles. The lowest BCUT2D eigenvalue weighted by molar-refractivity contribution is -0.125.